The van der Waals surface area contributed by atoms with Crippen LogP contribution in [0.3, 0.4) is 0 Å². The summed E-state index contributed by atoms with van der Waals surface area (Å²) in [6.07, 6.45) is 6.10. The first kappa shape index (κ1) is 16.9. The normalized spacial score (nSPS) is 15.8. The van der Waals surface area contributed by atoms with Crippen molar-refractivity contribution in [1.29, 1.82) is 0 Å². The van der Waals surface area contributed by atoms with Gasteiger partial charge in [-0.2, -0.15) is 5.10 Å². The number of aromatic nitrogens is 2. The highest BCUT2D eigenvalue weighted by Crippen LogP contribution is 2.23. The van der Waals surface area contributed by atoms with Crippen LogP contribution in [0, 0.1) is 5.41 Å². The molecule has 0 fully saturated rings. The van der Waals surface area contributed by atoms with Crippen LogP contribution in [0.4, 0.5) is 0 Å². The Labute approximate surface area is 123 Å². The minimum absolute atomic E-state index is 0.0162. The van der Waals surface area contributed by atoms with Gasteiger partial charge in [0.25, 0.3) is 0 Å². The van der Waals surface area contributed by atoms with Crippen molar-refractivity contribution in [2.75, 3.05) is 26.8 Å². The Balaban J connectivity index is 2.58. The second kappa shape index (κ2) is 8.22. The monoisotopic (exact) mass is 279 g/mol. The van der Waals surface area contributed by atoms with E-state index < -0.39 is 0 Å². The van der Waals surface area contributed by atoms with Crippen LogP contribution in [0.25, 0.3) is 0 Å². The number of nitrogens with one attached hydrogen (secondary N) is 1. The molecule has 0 saturated carbocycles. The quantitative estimate of drug-likeness (QED) is 0.529. The molecule has 2 unspecified atom stereocenters. The fourth-order valence-corrected chi connectivity index (χ4v) is 2.07. The first-order valence-corrected chi connectivity index (χ1v) is 7.42. The van der Waals surface area contributed by atoms with E-state index in [1.54, 1.807) is 7.11 Å². The zero-order valence-electron chi connectivity index (χ0n) is 13.4. The zero-order chi connectivity index (χ0) is 15.0. The number of methoxy groups -OCH3 is 1. The summed E-state index contributed by atoms with van der Waals surface area (Å²) in [5.74, 6) is 0. The number of hydrogen-bond acceptors (Lipinski definition) is 3. The van der Waals surface area contributed by atoms with Crippen molar-refractivity contribution < 1.29 is 4.74 Å². The maximum absolute atomic E-state index is 5.05. The van der Waals surface area contributed by atoms with Gasteiger partial charge < -0.3 is 10.1 Å². The van der Waals surface area contributed by atoms with Crippen LogP contribution in [-0.4, -0.2) is 36.6 Å². The Morgan fingerprint density at radius 3 is 2.95 bits per heavy atom. The van der Waals surface area contributed by atoms with Crippen molar-refractivity contribution in [2.24, 2.45) is 5.41 Å². The molecule has 0 amide bonds. The zero-order valence-corrected chi connectivity index (χ0v) is 13.4. The van der Waals surface area contributed by atoms with Gasteiger partial charge in [0, 0.05) is 44.3 Å². The Kier molecular flexibility index (Phi) is 6.96. The van der Waals surface area contributed by atoms with Gasteiger partial charge in [0.15, 0.2) is 0 Å². The smallest absolute Gasteiger partial charge is 0.0633 e. The van der Waals surface area contributed by atoms with Crippen LogP contribution in [0.15, 0.2) is 24.9 Å². The molecule has 0 bridgehead atoms. The summed E-state index contributed by atoms with van der Waals surface area (Å²) in [5, 5.41) is 8.08. The predicted molar refractivity (Wildman–Crippen MR) is 84.0 cm³/mol. The van der Waals surface area contributed by atoms with Crippen molar-refractivity contribution in [3.63, 3.8) is 0 Å². The van der Waals surface area contributed by atoms with E-state index in [2.05, 4.69) is 54.7 Å². The molecule has 1 rings (SSSR count). The summed E-state index contributed by atoms with van der Waals surface area (Å²) in [6.45, 7) is 13.0. The molecule has 0 aliphatic rings. The number of ether oxygens (including phenoxy) is 1. The maximum atomic E-state index is 5.05. The fourth-order valence-electron chi connectivity index (χ4n) is 2.07. The van der Waals surface area contributed by atoms with Gasteiger partial charge in [-0.3, -0.25) is 4.68 Å². The van der Waals surface area contributed by atoms with Gasteiger partial charge in [-0.15, -0.1) is 6.58 Å². The summed E-state index contributed by atoms with van der Waals surface area (Å²) in [4.78, 5) is 0. The minimum Gasteiger partial charge on any atom is -0.383 e. The lowest BCUT2D eigenvalue weighted by molar-refractivity contribution is 0.195. The highest BCUT2D eigenvalue weighted by atomic mass is 16.5. The van der Waals surface area contributed by atoms with Crippen LogP contribution in [0.5, 0.6) is 0 Å². The topological polar surface area (TPSA) is 39.1 Å². The molecule has 2 atom stereocenters. The second-order valence-electron chi connectivity index (χ2n) is 5.75. The van der Waals surface area contributed by atoms with Crippen LogP contribution in [0.1, 0.15) is 38.9 Å². The van der Waals surface area contributed by atoms with Crippen LogP contribution in [-0.2, 0) is 11.2 Å². The van der Waals surface area contributed by atoms with Crippen molar-refractivity contribution in [3.8, 4) is 0 Å². The van der Waals surface area contributed by atoms with Crippen LogP contribution >= 0.6 is 0 Å². The summed E-state index contributed by atoms with van der Waals surface area (Å²) in [6, 6.07) is 2.57. The number of nitrogens with zero attached hydrogens (tertiary/aromatic N) is 2. The van der Waals surface area contributed by atoms with Crippen LogP contribution in [0.2, 0.25) is 0 Å². The highest BCUT2D eigenvalue weighted by Gasteiger charge is 2.22. The largest absolute Gasteiger partial charge is 0.383 e. The van der Waals surface area contributed by atoms with Crippen molar-refractivity contribution >= 4 is 0 Å². The van der Waals surface area contributed by atoms with Crippen LogP contribution < -0.4 is 5.32 Å². The van der Waals surface area contributed by atoms with E-state index in [1.807, 2.05) is 6.08 Å². The average Bonchev–Trinajstić information content (AvgIpc) is 2.91. The molecule has 4 heteroatoms. The molecular weight excluding hydrogens is 250 g/mol. The Morgan fingerprint density at radius 1 is 1.60 bits per heavy atom. The van der Waals surface area contributed by atoms with Gasteiger partial charge in [0.1, 0.15) is 0 Å². The Morgan fingerprint density at radius 2 is 2.35 bits per heavy atom. The van der Waals surface area contributed by atoms with E-state index in [9.17, 15) is 0 Å². The molecule has 1 N–H and O–H groups in total. The SMILES string of the molecule is C=CC(C)(CNCCOC)Cc1ccn(C(C)CC)n1. The van der Waals surface area contributed by atoms with Gasteiger partial charge in [-0.05, 0) is 19.4 Å². The van der Waals surface area contributed by atoms with Crippen molar-refractivity contribution in [2.45, 2.75) is 39.7 Å². The van der Waals surface area contributed by atoms with E-state index in [0.717, 1.165) is 38.2 Å². The third-order valence-corrected chi connectivity index (χ3v) is 3.80. The Hall–Kier alpha value is -1.13. The van der Waals surface area contributed by atoms with Gasteiger partial charge in [0.2, 0.25) is 0 Å². The van der Waals surface area contributed by atoms with Crippen molar-refractivity contribution in [3.05, 3.63) is 30.6 Å². The summed E-state index contributed by atoms with van der Waals surface area (Å²) >= 11 is 0. The maximum Gasteiger partial charge on any atom is 0.0633 e. The molecule has 1 heterocycles. The summed E-state index contributed by atoms with van der Waals surface area (Å²) in [5.41, 5.74) is 1.14. The second-order valence-corrected chi connectivity index (χ2v) is 5.75. The first-order chi connectivity index (χ1) is 9.54. The Bertz CT molecular complexity index is 402. The molecule has 114 valence electrons. The average molecular weight is 279 g/mol. The predicted octanol–water partition coefficient (Wildman–Crippen LogP) is 2.82. The molecule has 1 aromatic rings. The molecular formula is C16H29N3O. The van der Waals surface area contributed by atoms with Gasteiger partial charge >= 0.3 is 0 Å². The third kappa shape index (κ3) is 5.10. The molecule has 20 heavy (non-hydrogen) atoms. The van der Waals surface area contributed by atoms with Gasteiger partial charge in [0.05, 0.1) is 12.3 Å². The van der Waals surface area contributed by atoms with E-state index in [1.165, 1.54) is 0 Å². The first-order valence-electron chi connectivity index (χ1n) is 7.42. The molecule has 4 nitrogen and oxygen atoms in total. The summed E-state index contributed by atoms with van der Waals surface area (Å²) < 4.78 is 7.10. The third-order valence-electron chi connectivity index (χ3n) is 3.80. The molecule has 0 saturated heterocycles. The van der Waals surface area contributed by atoms with E-state index in [4.69, 9.17) is 4.74 Å². The van der Waals surface area contributed by atoms with E-state index >= 15 is 0 Å². The number of hydrogen-bond donors (Lipinski definition) is 1. The number of rotatable bonds is 10. The lowest BCUT2D eigenvalue weighted by atomic mass is 9.85. The molecule has 1 aromatic heterocycles. The minimum atomic E-state index is 0.0162. The van der Waals surface area contributed by atoms with E-state index in [-0.39, 0.29) is 5.41 Å². The standard InChI is InChI=1S/C16H29N3O/c1-6-14(3)19-10-8-15(18-19)12-16(4,7-2)13-17-9-11-20-5/h7-8,10,14,17H,2,6,9,11-13H2,1,3-5H3. The van der Waals surface area contributed by atoms with Gasteiger partial charge in [-0.25, -0.2) is 0 Å². The lowest BCUT2D eigenvalue weighted by Crippen LogP contribution is -2.34. The van der Waals surface area contributed by atoms with Gasteiger partial charge in [-0.1, -0.05) is 19.9 Å². The van der Waals surface area contributed by atoms with E-state index in [0.29, 0.717) is 6.04 Å². The molecule has 0 aliphatic carbocycles. The molecule has 0 aliphatic heterocycles. The molecule has 0 aromatic carbocycles. The summed E-state index contributed by atoms with van der Waals surface area (Å²) in [7, 11) is 1.72. The molecule has 0 spiro atoms. The molecule has 0 radical (unpaired) electrons. The highest BCUT2D eigenvalue weighted by molar-refractivity contribution is 5.08. The lowest BCUT2D eigenvalue weighted by Gasteiger charge is -2.25. The fraction of sp³-hybridized carbons (Fsp3) is 0.688. The van der Waals surface area contributed by atoms with Crippen molar-refractivity contribution in [1.82, 2.24) is 15.1 Å².